The number of rotatable bonds is 8. The maximum absolute atomic E-state index is 12.6. The molecule has 0 unspecified atom stereocenters. The Labute approximate surface area is 158 Å². The van der Waals surface area contributed by atoms with Gasteiger partial charge in [0.05, 0.1) is 4.90 Å². The normalized spacial score (nSPS) is 11.2. The minimum atomic E-state index is -3.67. The number of benzene rings is 2. The van der Waals surface area contributed by atoms with Crippen molar-refractivity contribution in [3.05, 3.63) is 84.4 Å². The maximum atomic E-state index is 12.6. The van der Waals surface area contributed by atoms with E-state index < -0.39 is 10.0 Å². The van der Waals surface area contributed by atoms with Gasteiger partial charge in [-0.3, -0.25) is 4.79 Å². The topological polar surface area (TPSA) is 66.5 Å². The van der Waals surface area contributed by atoms with Crippen LogP contribution in [-0.4, -0.2) is 31.7 Å². The van der Waals surface area contributed by atoms with Crippen molar-refractivity contribution in [2.75, 3.05) is 18.4 Å². The Bertz CT molecular complexity index is 899. The quantitative estimate of drug-likeness (QED) is 0.694. The molecule has 1 amide bonds. The average Bonchev–Trinajstić information content (AvgIpc) is 2.62. The first-order chi connectivity index (χ1) is 12.4. The lowest BCUT2D eigenvalue weighted by atomic mass is 10.2. The highest BCUT2D eigenvalue weighted by Gasteiger charge is 2.22. The smallest absolute Gasteiger partial charge is 0.255 e. The molecule has 7 heteroatoms. The minimum absolute atomic E-state index is 0.127. The lowest BCUT2D eigenvalue weighted by molar-refractivity contribution is 0.102. The van der Waals surface area contributed by atoms with Gasteiger partial charge in [-0.1, -0.05) is 29.8 Å². The van der Waals surface area contributed by atoms with Gasteiger partial charge < -0.3 is 5.32 Å². The molecule has 136 valence electrons. The van der Waals surface area contributed by atoms with E-state index in [9.17, 15) is 13.2 Å². The fraction of sp³-hybridized carbons (Fsp3) is 0.105. The zero-order valence-electron chi connectivity index (χ0n) is 14.1. The zero-order chi connectivity index (χ0) is 19.2. The van der Waals surface area contributed by atoms with Crippen LogP contribution in [0.25, 0.3) is 0 Å². The minimum Gasteiger partial charge on any atom is -0.322 e. The van der Waals surface area contributed by atoms with E-state index in [-0.39, 0.29) is 23.9 Å². The summed E-state index contributed by atoms with van der Waals surface area (Å²) in [7, 11) is -3.67. The summed E-state index contributed by atoms with van der Waals surface area (Å²) in [6, 6.07) is 12.5. The summed E-state index contributed by atoms with van der Waals surface area (Å²) in [6.07, 6.45) is 3.03. The standard InChI is InChI=1S/C19H19ClN2O3S/c1-3-12-22(13-4-2)26(24,25)18-10-8-17(9-11-18)21-19(23)15-6-5-7-16(20)14-15/h3-11,14H,1-2,12-13H2,(H,21,23). The van der Waals surface area contributed by atoms with Crippen molar-refractivity contribution in [2.24, 2.45) is 0 Å². The Morgan fingerprint density at radius 2 is 1.69 bits per heavy atom. The highest BCUT2D eigenvalue weighted by Crippen LogP contribution is 2.19. The first-order valence-electron chi connectivity index (χ1n) is 7.77. The lowest BCUT2D eigenvalue weighted by Crippen LogP contribution is -2.31. The number of nitrogens with one attached hydrogen (secondary N) is 1. The maximum Gasteiger partial charge on any atom is 0.255 e. The van der Waals surface area contributed by atoms with Gasteiger partial charge in [-0.25, -0.2) is 8.42 Å². The third kappa shape index (κ3) is 4.82. The molecule has 0 fully saturated rings. The zero-order valence-corrected chi connectivity index (χ0v) is 15.6. The molecule has 5 nitrogen and oxygen atoms in total. The van der Waals surface area contributed by atoms with E-state index >= 15 is 0 Å². The third-order valence-electron chi connectivity index (χ3n) is 3.50. The van der Waals surface area contributed by atoms with E-state index in [0.29, 0.717) is 16.3 Å². The van der Waals surface area contributed by atoms with Crippen LogP contribution in [0.2, 0.25) is 5.02 Å². The number of anilines is 1. The monoisotopic (exact) mass is 390 g/mol. The van der Waals surface area contributed by atoms with Gasteiger partial charge in [0, 0.05) is 29.4 Å². The molecular formula is C19H19ClN2O3S. The molecular weight excluding hydrogens is 372 g/mol. The molecule has 0 heterocycles. The molecule has 0 aliphatic rings. The predicted octanol–water partition coefficient (Wildman–Crippen LogP) is 3.96. The molecule has 0 radical (unpaired) electrons. The van der Waals surface area contributed by atoms with E-state index in [1.165, 1.54) is 40.7 Å². The SMILES string of the molecule is C=CCN(CC=C)S(=O)(=O)c1ccc(NC(=O)c2cccc(Cl)c2)cc1. The Hall–Kier alpha value is -2.41. The number of nitrogens with zero attached hydrogens (tertiary/aromatic N) is 1. The molecule has 0 aliphatic heterocycles. The molecule has 0 atom stereocenters. The summed E-state index contributed by atoms with van der Waals surface area (Å²) in [4.78, 5) is 12.3. The Morgan fingerprint density at radius 3 is 2.23 bits per heavy atom. The molecule has 0 saturated carbocycles. The first kappa shape index (κ1) is 19.9. The van der Waals surface area contributed by atoms with Crippen molar-refractivity contribution in [1.82, 2.24) is 4.31 Å². The van der Waals surface area contributed by atoms with Gasteiger partial charge in [-0.2, -0.15) is 4.31 Å². The summed E-state index contributed by atoms with van der Waals surface area (Å²) in [5, 5.41) is 3.17. The molecule has 2 aromatic rings. The van der Waals surface area contributed by atoms with Gasteiger partial charge in [0.2, 0.25) is 10.0 Å². The van der Waals surface area contributed by atoms with Crippen molar-refractivity contribution in [1.29, 1.82) is 0 Å². The van der Waals surface area contributed by atoms with E-state index in [2.05, 4.69) is 18.5 Å². The van der Waals surface area contributed by atoms with E-state index in [1.54, 1.807) is 24.3 Å². The molecule has 0 spiro atoms. The van der Waals surface area contributed by atoms with Crippen LogP contribution in [0.5, 0.6) is 0 Å². The number of amides is 1. The highest BCUT2D eigenvalue weighted by atomic mass is 35.5. The molecule has 0 saturated heterocycles. The van der Waals surface area contributed by atoms with Gasteiger partial charge in [-0.15, -0.1) is 13.2 Å². The van der Waals surface area contributed by atoms with Crippen molar-refractivity contribution in [3.63, 3.8) is 0 Å². The van der Waals surface area contributed by atoms with Crippen LogP contribution in [0, 0.1) is 0 Å². The highest BCUT2D eigenvalue weighted by molar-refractivity contribution is 7.89. The van der Waals surface area contributed by atoms with Gasteiger partial charge >= 0.3 is 0 Å². The number of sulfonamides is 1. The van der Waals surface area contributed by atoms with Crippen molar-refractivity contribution in [2.45, 2.75) is 4.90 Å². The van der Waals surface area contributed by atoms with Crippen LogP contribution in [0.3, 0.4) is 0 Å². The Kier molecular flexibility index (Phi) is 6.74. The third-order valence-corrected chi connectivity index (χ3v) is 5.58. The molecule has 1 N–H and O–H groups in total. The first-order valence-corrected chi connectivity index (χ1v) is 9.59. The summed E-state index contributed by atoms with van der Waals surface area (Å²) in [5.74, 6) is -0.331. The molecule has 0 aliphatic carbocycles. The fourth-order valence-electron chi connectivity index (χ4n) is 2.25. The summed E-state index contributed by atoms with van der Waals surface area (Å²) >= 11 is 5.88. The van der Waals surface area contributed by atoms with E-state index in [4.69, 9.17) is 11.6 Å². The number of carbonyl (C=O) groups excluding carboxylic acids is 1. The number of carbonyl (C=O) groups is 1. The average molecular weight is 391 g/mol. The van der Waals surface area contributed by atoms with E-state index in [0.717, 1.165) is 0 Å². The molecule has 2 rings (SSSR count). The largest absolute Gasteiger partial charge is 0.322 e. The number of hydrogen-bond acceptors (Lipinski definition) is 3. The van der Waals surface area contributed by atoms with Gasteiger partial charge in [-0.05, 0) is 42.5 Å². The van der Waals surface area contributed by atoms with E-state index in [1.807, 2.05) is 0 Å². The summed E-state index contributed by atoms with van der Waals surface area (Å²) in [6.45, 7) is 7.51. The molecule has 0 aromatic heterocycles. The van der Waals surface area contributed by atoms with Gasteiger partial charge in [0.15, 0.2) is 0 Å². The van der Waals surface area contributed by atoms with Crippen LogP contribution in [-0.2, 0) is 10.0 Å². The van der Waals surface area contributed by atoms with Crippen LogP contribution in [0.15, 0.2) is 78.7 Å². The second-order valence-corrected chi connectivity index (χ2v) is 7.76. The Balaban J connectivity index is 2.18. The molecule has 2 aromatic carbocycles. The van der Waals surface area contributed by atoms with Crippen LogP contribution >= 0.6 is 11.6 Å². The number of hydrogen-bond donors (Lipinski definition) is 1. The van der Waals surface area contributed by atoms with Crippen LogP contribution < -0.4 is 5.32 Å². The van der Waals surface area contributed by atoms with Gasteiger partial charge in [0.25, 0.3) is 5.91 Å². The van der Waals surface area contributed by atoms with Crippen LogP contribution in [0.1, 0.15) is 10.4 Å². The summed E-state index contributed by atoms with van der Waals surface area (Å²) in [5.41, 5.74) is 0.894. The molecule has 0 bridgehead atoms. The predicted molar refractivity (Wildman–Crippen MR) is 105 cm³/mol. The fourth-order valence-corrected chi connectivity index (χ4v) is 3.82. The van der Waals surface area contributed by atoms with Crippen molar-refractivity contribution >= 4 is 33.2 Å². The van der Waals surface area contributed by atoms with Crippen LogP contribution in [0.4, 0.5) is 5.69 Å². The van der Waals surface area contributed by atoms with Gasteiger partial charge in [0.1, 0.15) is 0 Å². The second-order valence-electron chi connectivity index (χ2n) is 5.39. The lowest BCUT2D eigenvalue weighted by Gasteiger charge is -2.19. The van der Waals surface area contributed by atoms with Crippen molar-refractivity contribution < 1.29 is 13.2 Å². The number of halogens is 1. The Morgan fingerprint density at radius 1 is 1.08 bits per heavy atom. The molecule has 26 heavy (non-hydrogen) atoms. The van der Waals surface area contributed by atoms with Crippen molar-refractivity contribution in [3.8, 4) is 0 Å². The second kappa shape index (κ2) is 8.80. The summed E-state index contributed by atoms with van der Waals surface area (Å²) < 4.78 is 26.5.